The number of hydrogen-bond donors (Lipinski definition) is 1. The van der Waals surface area contributed by atoms with Gasteiger partial charge in [0.2, 0.25) is 0 Å². The number of ether oxygens (including phenoxy) is 2. The Morgan fingerprint density at radius 2 is 1.78 bits per heavy atom. The minimum Gasteiger partial charge on any atom is -0.495 e. The SMILES string of the molecule is COc1cc2c(Nc3cc(OC)c(Cl)cc3Cl)c(C#N)cnc2cc1F.Cl. The van der Waals surface area contributed by atoms with Gasteiger partial charge >= 0.3 is 0 Å². The minimum atomic E-state index is -0.547. The van der Waals surface area contributed by atoms with Gasteiger partial charge in [-0.2, -0.15) is 5.26 Å². The first kappa shape index (κ1) is 20.8. The van der Waals surface area contributed by atoms with Gasteiger partial charge < -0.3 is 14.8 Å². The number of rotatable bonds is 4. The quantitative estimate of drug-likeness (QED) is 0.574. The molecule has 0 aliphatic heterocycles. The van der Waals surface area contributed by atoms with Crippen molar-refractivity contribution in [2.24, 2.45) is 0 Å². The second kappa shape index (κ2) is 8.49. The molecule has 3 aromatic rings. The number of nitriles is 1. The topological polar surface area (TPSA) is 67.2 Å². The van der Waals surface area contributed by atoms with Gasteiger partial charge in [0.1, 0.15) is 11.8 Å². The molecule has 140 valence electrons. The number of nitrogens with zero attached hydrogens (tertiary/aromatic N) is 2. The van der Waals surface area contributed by atoms with Crippen molar-refractivity contribution in [3.63, 3.8) is 0 Å². The number of halogens is 4. The lowest BCUT2D eigenvalue weighted by molar-refractivity contribution is 0.387. The molecule has 9 heteroatoms. The lowest BCUT2D eigenvalue weighted by atomic mass is 10.1. The molecule has 0 aliphatic carbocycles. The molecule has 0 saturated carbocycles. The monoisotopic (exact) mass is 427 g/mol. The van der Waals surface area contributed by atoms with Crippen molar-refractivity contribution in [3.05, 3.63) is 51.9 Å². The van der Waals surface area contributed by atoms with Crippen LogP contribution in [0.3, 0.4) is 0 Å². The average molecular weight is 429 g/mol. The number of anilines is 2. The van der Waals surface area contributed by atoms with Crippen LogP contribution in [0.1, 0.15) is 5.56 Å². The Morgan fingerprint density at radius 3 is 2.41 bits per heavy atom. The molecule has 1 N–H and O–H groups in total. The highest BCUT2D eigenvalue weighted by atomic mass is 35.5. The molecule has 0 spiro atoms. The van der Waals surface area contributed by atoms with Crippen molar-refractivity contribution in [1.29, 1.82) is 5.26 Å². The molecule has 1 aromatic heterocycles. The van der Waals surface area contributed by atoms with Crippen molar-refractivity contribution in [2.45, 2.75) is 0 Å². The number of benzene rings is 2. The Bertz CT molecular complexity index is 1050. The molecule has 1 heterocycles. The van der Waals surface area contributed by atoms with E-state index in [2.05, 4.69) is 16.4 Å². The molecule has 5 nitrogen and oxygen atoms in total. The maximum atomic E-state index is 14.0. The smallest absolute Gasteiger partial charge is 0.167 e. The van der Waals surface area contributed by atoms with Crippen molar-refractivity contribution >= 4 is 57.9 Å². The van der Waals surface area contributed by atoms with E-state index in [9.17, 15) is 9.65 Å². The largest absolute Gasteiger partial charge is 0.495 e. The summed E-state index contributed by atoms with van der Waals surface area (Å²) in [4.78, 5) is 4.12. The molecule has 27 heavy (non-hydrogen) atoms. The van der Waals surface area contributed by atoms with Crippen LogP contribution in [-0.2, 0) is 0 Å². The van der Waals surface area contributed by atoms with Gasteiger partial charge in [-0.1, -0.05) is 23.2 Å². The van der Waals surface area contributed by atoms with Crippen LogP contribution in [0.5, 0.6) is 11.5 Å². The van der Waals surface area contributed by atoms with Crippen LogP contribution < -0.4 is 14.8 Å². The van der Waals surface area contributed by atoms with E-state index in [1.807, 2.05) is 0 Å². The van der Waals surface area contributed by atoms with E-state index in [1.54, 1.807) is 6.07 Å². The maximum Gasteiger partial charge on any atom is 0.167 e. The van der Waals surface area contributed by atoms with Gasteiger partial charge in [-0.15, -0.1) is 12.4 Å². The fraction of sp³-hybridized carbons (Fsp3) is 0.111. The van der Waals surface area contributed by atoms with E-state index in [1.165, 1.54) is 38.6 Å². The number of nitrogens with one attached hydrogen (secondary N) is 1. The first-order chi connectivity index (χ1) is 12.5. The molecule has 0 radical (unpaired) electrons. The highest BCUT2D eigenvalue weighted by molar-refractivity contribution is 6.37. The minimum absolute atomic E-state index is 0. The molecule has 0 amide bonds. The molecule has 2 aromatic carbocycles. The van der Waals surface area contributed by atoms with E-state index >= 15 is 0 Å². The fourth-order valence-corrected chi connectivity index (χ4v) is 2.99. The van der Waals surface area contributed by atoms with Crippen LogP contribution in [0.2, 0.25) is 10.0 Å². The molecular weight excluding hydrogens is 416 g/mol. The number of methoxy groups -OCH3 is 2. The highest BCUT2D eigenvalue weighted by Crippen LogP contribution is 2.38. The molecule has 3 rings (SSSR count). The van der Waals surface area contributed by atoms with Gasteiger partial charge in [0.05, 0.1) is 46.7 Å². The Morgan fingerprint density at radius 1 is 1.07 bits per heavy atom. The van der Waals surface area contributed by atoms with Crippen molar-refractivity contribution in [2.75, 3.05) is 19.5 Å². The summed E-state index contributed by atoms with van der Waals surface area (Å²) < 4.78 is 24.2. The van der Waals surface area contributed by atoms with Gasteiger partial charge in [0, 0.05) is 23.7 Å². The molecule has 0 saturated heterocycles. The van der Waals surface area contributed by atoms with Crippen molar-refractivity contribution < 1.29 is 13.9 Å². The summed E-state index contributed by atoms with van der Waals surface area (Å²) in [5.74, 6) is -0.0920. The molecular formula is C18H13Cl3FN3O2. The van der Waals surface area contributed by atoms with Crippen LogP contribution in [-0.4, -0.2) is 19.2 Å². The predicted molar refractivity (Wildman–Crippen MR) is 107 cm³/mol. The third kappa shape index (κ3) is 3.96. The second-order valence-electron chi connectivity index (χ2n) is 5.25. The van der Waals surface area contributed by atoms with Crippen molar-refractivity contribution in [3.8, 4) is 17.6 Å². The standard InChI is InChI=1S/C18H12Cl2FN3O2.ClH/c1-25-16-6-15(11(19)4-12(16)20)24-18-9(7-22)8-23-14-5-13(21)17(26-2)3-10(14)18;/h3-6,8H,1-2H3,(H,23,24);1H. The lowest BCUT2D eigenvalue weighted by Gasteiger charge is -2.15. The zero-order chi connectivity index (χ0) is 18.8. The Labute approximate surface area is 171 Å². The number of aromatic nitrogens is 1. The Hall–Kier alpha value is -2.46. The number of pyridine rings is 1. The van der Waals surface area contributed by atoms with Crippen molar-refractivity contribution in [1.82, 2.24) is 4.98 Å². The van der Waals surface area contributed by atoms with Gasteiger partial charge in [-0.3, -0.25) is 4.98 Å². The zero-order valence-corrected chi connectivity index (χ0v) is 16.5. The first-order valence-electron chi connectivity index (χ1n) is 7.35. The van der Waals surface area contributed by atoms with E-state index in [4.69, 9.17) is 32.7 Å². The van der Waals surface area contributed by atoms with Gasteiger partial charge in [0.25, 0.3) is 0 Å². The van der Waals surface area contributed by atoms with Crippen LogP contribution in [0.4, 0.5) is 15.8 Å². The Kier molecular flexibility index (Phi) is 6.55. The van der Waals surface area contributed by atoms with Gasteiger partial charge in [0.15, 0.2) is 11.6 Å². The molecule has 0 fully saturated rings. The summed E-state index contributed by atoms with van der Waals surface area (Å²) in [6, 6.07) is 7.91. The van der Waals surface area contributed by atoms with E-state index < -0.39 is 5.82 Å². The van der Waals surface area contributed by atoms with Gasteiger partial charge in [-0.25, -0.2) is 4.39 Å². The second-order valence-corrected chi connectivity index (χ2v) is 6.07. The van der Waals surface area contributed by atoms with Crippen LogP contribution in [0.15, 0.2) is 30.5 Å². The summed E-state index contributed by atoms with van der Waals surface area (Å²) in [5, 5.41) is 13.7. The Balaban J connectivity index is 0.00000261. The van der Waals surface area contributed by atoms with Crippen LogP contribution in [0, 0.1) is 17.1 Å². The lowest BCUT2D eigenvalue weighted by Crippen LogP contribution is -1.99. The van der Waals surface area contributed by atoms with E-state index in [-0.39, 0.29) is 23.7 Å². The molecule has 0 atom stereocenters. The number of hydrogen-bond acceptors (Lipinski definition) is 5. The highest BCUT2D eigenvalue weighted by Gasteiger charge is 2.16. The zero-order valence-electron chi connectivity index (χ0n) is 14.1. The molecule has 0 unspecified atom stereocenters. The predicted octanol–water partition coefficient (Wildman–Crippen LogP) is 5.73. The summed E-state index contributed by atoms with van der Waals surface area (Å²) in [7, 11) is 2.84. The summed E-state index contributed by atoms with van der Waals surface area (Å²) in [5.41, 5.74) is 1.51. The van der Waals surface area contributed by atoms with E-state index in [0.717, 1.165) is 0 Å². The summed E-state index contributed by atoms with van der Waals surface area (Å²) in [6.45, 7) is 0. The van der Waals surface area contributed by atoms with Crippen LogP contribution >= 0.6 is 35.6 Å². The molecule has 0 aliphatic rings. The summed E-state index contributed by atoms with van der Waals surface area (Å²) in [6.07, 6.45) is 1.36. The fourth-order valence-electron chi connectivity index (χ4n) is 2.49. The average Bonchev–Trinajstić information content (AvgIpc) is 2.63. The third-order valence-corrected chi connectivity index (χ3v) is 4.37. The third-order valence-electron chi connectivity index (χ3n) is 3.76. The molecule has 0 bridgehead atoms. The normalized spacial score (nSPS) is 10.1. The van der Waals surface area contributed by atoms with Gasteiger partial charge in [-0.05, 0) is 12.1 Å². The van der Waals surface area contributed by atoms with E-state index in [0.29, 0.717) is 38.1 Å². The number of fused-ring (bicyclic) bond motifs is 1. The van der Waals surface area contributed by atoms with Crippen LogP contribution in [0.25, 0.3) is 10.9 Å². The summed E-state index contributed by atoms with van der Waals surface area (Å²) >= 11 is 12.3. The first-order valence-corrected chi connectivity index (χ1v) is 8.10. The maximum absolute atomic E-state index is 14.0.